The van der Waals surface area contributed by atoms with Gasteiger partial charge in [-0.3, -0.25) is 4.79 Å². The molecule has 0 heterocycles. The van der Waals surface area contributed by atoms with Gasteiger partial charge in [-0.15, -0.1) is 0 Å². The summed E-state index contributed by atoms with van der Waals surface area (Å²) in [6, 6.07) is 0. The van der Waals surface area contributed by atoms with Crippen LogP contribution in [0.5, 0.6) is 0 Å². The van der Waals surface area contributed by atoms with E-state index < -0.39 is 36.8 Å². The first-order valence-electron chi connectivity index (χ1n) is 5.46. The van der Waals surface area contributed by atoms with Gasteiger partial charge in [0.05, 0.1) is 25.4 Å². The summed E-state index contributed by atoms with van der Waals surface area (Å²) in [7, 11) is 0. The van der Waals surface area contributed by atoms with Gasteiger partial charge in [-0.05, 0) is 12.8 Å². The van der Waals surface area contributed by atoms with Gasteiger partial charge in [-0.1, -0.05) is 12.8 Å². The molecule has 6 N–H and O–H groups in total. The van der Waals surface area contributed by atoms with Crippen LogP contribution in [-0.2, 0) is 4.79 Å². The van der Waals surface area contributed by atoms with Crippen LogP contribution in [0.25, 0.3) is 0 Å². The van der Waals surface area contributed by atoms with Crippen molar-refractivity contribution in [2.75, 3.05) is 19.8 Å². The van der Waals surface area contributed by atoms with Gasteiger partial charge >= 0.3 is 0 Å². The van der Waals surface area contributed by atoms with Crippen LogP contribution >= 0.6 is 0 Å². The predicted molar refractivity (Wildman–Crippen MR) is 57.5 cm³/mol. The van der Waals surface area contributed by atoms with E-state index in [0.29, 0.717) is 12.8 Å². The van der Waals surface area contributed by atoms with Crippen molar-refractivity contribution in [2.24, 2.45) is 5.73 Å². The molecular weight excluding hydrogens is 212 g/mol. The summed E-state index contributed by atoms with van der Waals surface area (Å²) in [6.07, 6.45) is 2.98. The van der Waals surface area contributed by atoms with E-state index in [-0.39, 0.29) is 0 Å². The number of hydrogen-bond donors (Lipinski definition) is 5. The highest BCUT2D eigenvalue weighted by Crippen LogP contribution is 2.27. The average Bonchev–Trinajstić information content (AvgIpc) is 2.74. The van der Waals surface area contributed by atoms with Crippen molar-refractivity contribution in [1.82, 2.24) is 5.32 Å². The fraction of sp³-hybridized carbons (Fsp3) is 0.900. The van der Waals surface area contributed by atoms with E-state index in [0.717, 1.165) is 12.8 Å². The second-order valence-electron chi connectivity index (χ2n) is 4.57. The van der Waals surface area contributed by atoms with Crippen molar-refractivity contribution in [3.05, 3.63) is 0 Å². The normalized spacial score (nSPS) is 19.8. The molecule has 1 aliphatic rings. The molecule has 0 aromatic heterocycles. The molecule has 1 fully saturated rings. The Morgan fingerprint density at radius 1 is 1.19 bits per heavy atom. The molecule has 1 aliphatic carbocycles. The minimum absolute atomic E-state index is 0.415. The Balaban J connectivity index is 2.68. The fourth-order valence-electron chi connectivity index (χ4n) is 1.87. The molecule has 0 aromatic rings. The summed E-state index contributed by atoms with van der Waals surface area (Å²) in [5.74, 6) is -0.415. The number of hydrogen-bond acceptors (Lipinski definition) is 5. The molecule has 1 saturated carbocycles. The number of amides is 1. The largest absolute Gasteiger partial charge is 0.394 e. The molecule has 0 atom stereocenters. The molecule has 0 radical (unpaired) electrons. The monoisotopic (exact) mass is 232 g/mol. The Hall–Kier alpha value is -0.690. The van der Waals surface area contributed by atoms with Crippen LogP contribution < -0.4 is 11.1 Å². The van der Waals surface area contributed by atoms with E-state index in [9.17, 15) is 4.79 Å². The number of rotatable bonds is 5. The lowest BCUT2D eigenvalue weighted by molar-refractivity contribution is -0.130. The first-order valence-corrected chi connectivity index (χ1v) is 5.46. The molecule has 1 rings (SSSR count). The number of carbonyl (C=O) groups excluding carboxylic acids is 1. The van der Waals surface area contributed by atoms with Crippen LogP contribution in [-0.4, -0.2) is 52.1 Å². The topological polar surface area (TPSA) is 116 Å². The molecule has 0 unspecified atom stereocenters. The van der Waals surface area contributed by atoms with Gasteiger partial charge in [0.15, 0.2) is 0 Å². The maximum atomic E-state index is 11.9. The van der Waals surface area contributed by atoms with Crippen LogP contribution in [0.1, 0.15) is 25.7 Å². The first-order chi connectivity index (χ1) is 7.52. The van der Waals surface area contributed by atoms with E-state index in [2.05, 4.69) is 5.32 Å². The Morgan fingerprint density at radius 3 is 2.00 bits per heavy atom. The van der Waals surface area contributed by atoms with Crippen LogP contribution in [0.4, 0.5) is 0 Å². The second kappa shape index (κ2) is 5.09. The zero-order valence-corrected chi connectivity index (χ0v) is 9.28. The summed E-state index contributed by atoms with van der Waals surface area (Å²) in [5.41, 5.74) is 3.61. The minimum atomic E-state index is -1.38. The quantitative estimate of drug-likeness (QED) is 0.379. The molecule has 6 nitrogen and oxygen atoms in total. The number of nitrogens with one attached hydrogen (secondary N) is 1. The van der Waals surface area contributed by atoms with E-state index in [1.165, 1.54) is 0 Å². The van der Waals surface area contributed by atoms with Crippen LogP contribution in [0.2, 0.25) is 0 Å². The third-order valence-corrected chi connectivity index (χ3v) is 3.23. The smallest absolute Gasteiger partial charge is 0.240 e. The van der Waals surface area contributed by atoms with E-state index >= 15 is 0 Å². The van der Waals surface area contributed by atoms with Crippen molar-refractivity contribution >= 4 is 5.91 Å². The molecule has 6 heteroatoms. The summed E-state index contributed by atoms with van der Waals surface area (Å²) in [4.78, 5) is 11.9. The van der Waals surface area contributed by atoms with Gasteiger partial charge in [-0.25, -0.2) is 0 Å². The van der Waals surface area contributed by atoms with Gasteiger partial charge in [-0.2, -0.15) is 0 Å². The Morgan fingerprint density at radius 2 is 1.62 bits per heavy atom. The maximum absolute atomic E-state index is 11.9. The summed E-state index contributed by atoms with van der Waals surface area (Å²) in [5, 5.41) is 29.7. The summed E-state index contributed by atoms with van der Waals surface area (Å²) < 4.78 is 0. The van der Waals surface area contributed by atoms with Gasteiger partial charge < -0.3 is 26.4 Å². The third-order valence-electron chi connectivity index (χ3n) is 3.23. The standard InChI is InChI=1S/C10H20N2O4/c11-10(3-1-2-4-10)8(16)12-9(5-13,6-14)7-15/h13-15H,1-7,11H2,(H,12,16). The lowest BCUT2D eigenvalue weighted by atomic mass is 9.95. The number of nitrogens with two attached hydrogens (primary N) is 1. The fourth-order valence-corrected chi connectivity index (χ4v) is 1.87. The summed E-state index contributed by atoms with van der Waals surface area (Å²) in [6.45, 7) is -1.58. The molecule has 1 amide bonds. The van der Waals surface area contributed by atoms with E-state index in [1.54, 1.807) is 0 Å². The minimum Gasteiger partial charge on any atom is -0.394 e. The maximum Gasteiger partial charge on any atom is 0.240 e. The number of aliphatic hydroxyl groups excluding tert-OH is 3. The highest BCUT2D eigenvalue weighted by molar-refractivity contribution is 5.87. The molecule has 16 heavy (non-hydrogen) atoms. The van der Waals surface area contributed by atoms with Gasteiger partial charge in [0.1, 0.15) is 5.54 Å². The highest BCUT2D eigenvalue weighted by atomic mass is 16.3. The highest BCUT2D eigenvalue weighted by Gasteiger charge is 2.41. The Kier molecular flexibility index (Phi) is 4.26. The zero-order valence-electron chi connectivity index (χ0n) is 9.28. The lowest BCUT2D eigenvalue weighted by Gasteiger charge is -2.33. The van der Waals surface area contributed by atoms with Crippen molar-refractivity contribution in [2.45, 2.75) is 36.8 Å². The SMILES string of the molecule is NC1(C(=O)NC(CO)(CO)CO)CCCC1. The van der Waals surface area contributed by atoms with Crippen molar-refractivity contribution in [3.63, 3.8) is 0 Å². The average molecular weight is 232 g/mol. The molecular formula is C10H20N2O4. The second-order valence-corrected chi connectivity index (χ2v) is 4.57. The van der Waals surface area contributed by atoms with Crippen LogP contribution in [0.3, 0.4) is 0 Å². The van der Waals surface area contributed by atoms with Gasteiger partial charge in [0.25, 0.3) is 0 Å². The predicted octanol–water partition coefficient (Wildman–Crippen LogP) is -1.91. The number of aliphatic hydroxyl groups is 3. The Bertz CT molecular complexity index is 239. The molecule has 0 aliphatic heterocycles. The van der Waals surface area contributed by atoms with Gasteiger partial charge in [0, 0.05) is 0 Å². The van der Waals surface area contributed by atoms with E-state index in [4.69, 9.17) is 21.1 Å². The molecule has 0 aromatic carbocycles. The van der Waals surface area contributed by atoms with Gasteiger partial charge in [0.2, 0.25) is 5.91 Å². The van der Waals surface area contributed by atoms with Crippen molar-refractivity contribution in [3.8, 4) is 0 Å². The molecule has 94 valence electrons. The van der Waals surface area contributed by atoms with Crippen molar-refractivity contribution in [1.29, 1.82) is 0 Å². The molecule has 0 bridgehead atoms. The van der Waals surface area contributed by atoms with Crippen molar-refractivity contribution < 1.29 is 20.1 Å². The molecule has 0 saturated heterocycles. The summed E-state index contributed by atoms with van der Waals surface area (Å²) >= 11 is 0. The number of carbonyl (C=O) groups is 1. The van der Waals surface area contributed by atoms with Crippen LogP contribution in [0, 0.1) is 0 Å². The lowest BCUT2D eigenvalue weighted by Crippen LogP contribution is -2.63. The Labute approximate surface area is 94.5 Å². The van der Waals surface area contributed by atoms with Crippen LogP contribution in [0.15, 0.2) is 0 Å². The van der Waals surface area contributed by atoms with E-state index in [1.807, 2.05) is 0 Å². The first kappa shape index (κ1) is 13.4. The third kappa shape index (κ3) is 2.52. The molecule has 0 spiro atoms. The zero-order chi connectivity index (χ0) is 12.2.